The fraction of sp³-hybridized carbons (Fsp3) is 0.0833. The van der Waals surface area contributed by atoms with E-state index in [1.54, 1.807) is 0 Å². The van der Waals surface area contributed by atoms with Crippen molar-refractivity contribution in [2.45, 2.75) is 10.8 Å². The monoisotopic (exact) mass is 329 g/mol. The van der Waals surface area contributed by atoms with Gasteiger partial charge in [0.2, 0.25) is 5.76 Å². The standard InChI is InChI=1S/C12H8ClNO6S/c13-9-5-8(14(17)18)2-1-7(9)6-21(19)11-4-3-10(20-11)12(15)16/h1-5H,6H2,(H,15,16). The van der Waals surface area contributed by atoms with Crippen LogP contribution in [0.25, 0.3) is 0 Å². The van der Waals surface area contributed by atoms with E-state index in [0.29, 0.717) is 5.56 Å². The molecular weight excluding hydrogens is 322 g/mol. The van der Waals surface area contributed by atoms with Crippen molar-refractivity contribution in [3.05, 3.63) is 56.8 Å². The minimum absolute atomic E-state index is 0.00168. The van der Waals surface area contributed by atoms with Gasteiger partial charge in [-0.1, -0.05) is 11.6 Å². The van der Waals surface area contributed by atoms with Gasteiger partial charge in [-0.3, -0.25) is 14.3 Å². The number of halogens is 1. The molecule has 0 aliphatic heterocycles. The maximum absolute atomic E-state index is 12.1. The molecule has 0 bridgehead atoms. The molecule has 110 valence electrons. The van der Waals surface area contributed by atoms with Gasteiger partial charge in [0.25, 0.3) is 5.69 Å². The van der Waals surface area contributed by atoms with Crippen molar-refractivity contribution in [1.82, 2.24) is 0 Å². The average Bonchev–Trinajstić information content (AvgIpc) is 2.90. The van der Waals surface area contributed by atoms with Gasteiger partial charge >= 0.3 is 5.97 Å². The van der Waals surface area contributed by atoms with E-state index >= 15 is 0 Å². The van der Waals surface area contributed by atoms with Crippen LogP contribution < -0.4 is 0 Å². The molecule has 0 fully saturated rings. The van der Waals surface area contributed by atoms with Gasteiger partial charge in [-0.25, -0.2) is 4.79 Å². The van der Waals surface area contributed by atoms with E-state index in [0.717, 1.165) is 0 Å². The Morgan fingerprint density at radius 3 is 2.62 bits per heavy atom. The lowest BCUT2D eigenvalue weighted by atomic mass is 10.2. The Labute approximate surface area is 125 Å². The van der Waals surface area contributed by atoms with E-state index < -0.39 is 21.7 Å². The molecular formula is C12H8ClNO6S. The van der Waals surface area contributed by atoms with E-state index in [1.165, 1.54) is 30.3 Å². The zero-order valence-corrected chi connectivity index (χ0v) is 11.9. The first kappa shape index (κ1) is 15.2. The predicted molar refractivity (Wildman–Crippen MR) is 73.9 cm³/mol. The van der Waals surface area contributed by atoms with Crippen LogP contribution in [0, 0.1) is 10.1 Å². The normalized spacial score (nSPS) is 12.0. The molecule has 21 heavy (non-hydrogen) atoms. The molecule has 0 spiro atoms. The number of carboxylic acids is 1. The first-order valence-electron chi connectivity index (χ1n) is 5.53. The largest absolute Gasteiger partial charge is 0.475 e. The fourth-order valence-corrected chi connectivity index (χ4v) is 2.94. The number of furan rings is 1. The molecule has 0 amide bonds. The first-order valence-corrected chi connectivity index (χ1v) is 7.22. The number of benzene rings is 1. The number of hydrogen-bond donors (Lipinski definition) is 1. The summed E-state index contributed by atoms with van der Waals surface area (Å²) in [5, 5.41) is 19.4. The number of carbonyl (C=O) groups is 1. The summed E-state index contributed by atoms with van der Waals surface area (Å²) >= 11 is 5.90. The minimum Gasteiger partial charge on any atom is -0.475 e. The van der Waals surface area contributed by atoms with Crippen LogP contribution >= 0.6 is 11.6 Å². The molecule has 0 saturated heterocycles. The second kappa shape index (κ2) is 6.06. The van der Waals surface area contributed by atoms with Crippen LogP contribution in [0.2, 0.25) is 5.02 Å². The lowest BCUT2D eigenvalue weighted by molar-refractivity contribution is -0.384. The summed E-state index contributed by atoms with van der Waals surface area (Å²) < 4.78 is 17.0. The number of nitrogens with zero attached hydrogens (tertiary/aromatic N) is 1. The van der Waals surface area contributed by atoms with Crippen LogP contribution in [0.3, 0.4) is 0 Å². The third-order valence-electron chi connectivity index (χ3n) is 2.55. The third kappa shape index (κ3) is 3.47. The molecule has 0 radical (unpaired) electrons. The Bertz CT molecular complexity index is 741. The van der Waals surface area contributed by atoms with Crippen LogP contribution in [-0.4, -0.2) is 20.2 Å². The van der Waals surface area contributed by atoms with Gasteiger partial charge in [-0.05, 0) is 23.8 Å². The van der Waals surface area contributed by atoms with E-state index in [9.17, 15) is 19.1 Å². The first-order chi connectivity index (χ1) is 9.88. The molecule has 7 nitrogen and oxygen atoms in total. The van der Waals surface area contributed by atoms with Crippen molar-refractivity contribution in [2.75, 3.05) is 0 Å². The van der Waals surface area contributed by atoms with Crippen LogP contribution in [0.15, 0.2) is 39.8 Å². The summed E-state index contributed by atoms with van der Waals surface area (Å²) in [6, 6.07) is 6.33. The van der Waals surface area contributed by atoms with E-state index in [4.69, 9.17) is 21.1 Å². The maximum atomic E-state index is 12.1. The number of nitro groups is 1. The lowest BCUT2D eigenvalue weighted by Gasteiger charge is -2.03. The fourth-order valence-electron chi connectivity index (χ4n) is 1.54. The van der Waals surface area contributed by atoms with Crippen molar-refractivity contribution in [2.24, 2.45) is 0 Å². The second-order valence-electron chi connectivity index (χ2n) is 3.95. The van der Waals surface area contributed by atoms with Crippen molar-refractivity contribution in [3.8, 4) is 0 Å². The SMILES string of the molecule is O=C(O)c1ccc(S(=O)Cc2ccc([N+](=O)[O-])cc2Cl)o1. The number of nitro benzene ring substituents is 1. The highest BCUT2D eigenvalue weighted by Gasteiger charge is 2.16. The van der Waals surface area contributed by atoms with Crippen LogP contribution in [0.4, 0.5) is 5.69 Å². The molecule has 1 heterocycles. The zero-order chi connectivity index (χ0) is 15.6. The molecule has 0 saturated carbocycles. The zero-order valence-electron chi connectivity index (χ0n) is 10.3. The number of rotatable bonds is 5. The van der Waals surface area contributed by atoms with Crippen molar-refractivity contribution in [1.29, 1.82) is 0 Å². The highest BCUT2D eigenvalue weighted by atomic mass is 35.5. The quantitative estimate of drug-likeness (QED) is 0.667. The van der Waals surface area contributed by atoms with Crippen molar-refractivity contribution < 1.29 is 23.5 Å². The van der Waals surface area contributed by atoms with Crippen LogP contribution in [0.1, 0.15) is 16.1 Å². The molecule has 0 aliphatic rings. The highest BCUT2D eigenvalue weighted by Crippen LogP contribution is 2.25. The summed E-state index contributed by atoms with van der Waals surface area (Å²) in [4.78, 5) is 20.7. The Morgan fingerprint density at radius 2 is 2.10 bits per heavy atom. The Hall–Kier alpha value is -2.19. The van der Waals surface area contributed by atoms with Crippen molar-refractivity contribution >= 4 is 34.1 Å². The van der Waals surface area contributed by atoms with Gasteiger partial charge in [0, 0.05) is 12.1 Å². The van der Waals surface area contributed by atoms with Crippen LogP contribution in [-0.2, 0) is 16.6 Å². The molecule has 1 atom stereocenters. The molecule has 0 aliphatic carbocycles. The van der Waals surface area contributed by atoms with Crippen LogP contribution in [0.5, 0.6) is 0 Å². The molecule has 1 unspecified atom stereocenters. The number of carboxylic acid groups (broad SMARTS) is 1. The molecule has 9 heteroatoms. The molecule has 2 aromatic rings. The minimum atomic E-state index is -1.64. The van der Waals surface area contributed by atoms with E-state index in [-0.39, 0.29) is 27.3 Å². The van der Waals surface area contributed by atoms with Gasteiger partial charge in [0.1, 0.15) is 0 Å². The molecule has 1 aromatic heterocycles. The van der Waals surface area contributed by atoms with E-state index in [1.807, 2.05) is 0 Å². The average molecular weight is 330 g/mol. The van der Waals surface area contributed by atoms with Gasteiger partial charge < -0.3 is 9.52 Å². The van der Waals surface area contributed by atoms with E-state index in [2.05, 4.69) is 0 Å². The summed E-state index contributed by atoms with van der Waals surface area (Å²) in [5.41, 5.74) is 0.273. The lowest BCUT2D eigenvalue weighted by Crippen LogP contribution is -1.98. The Balaban J connectivity index is 2.19. The topological polar surface area (TPSA) is 111 Å². The van der Waals surface area contributed by atoms with Crippen molar-refractivity contribution in [3.63, 3.8) is 0 Å². The smallest absolute Gasteiger partial charge is 0.371 e. The summed E-state index contributed by atoms with van der Waals surface area (Å²) in [7, 11) is -1.64. The molecule has 1 N–H and O–H groups in total. The Kier molecular flexibility index (Phi) is 4.39. The van der Waals surface area contributed by atoms with Gasteiger partial charge in [-0.2, -0.15) is 0 Å². The third-order valence-corrected chi connectivity index (χ3v) is 4.14. The number of non-ortho nitro benzene ring substituents is 1. The Morgan fingerprint density at radius 1 is 1.38 bits per heavy atom. The number of hydrogen-bond acceptors (Lipinski definition) is 5. The molecule has 2 rings (SSSR count). The summed E-state index contributed by atoms with van der Waals surface area (Å²) in [5.74, 6) is -1.61. The molecule has 1 aromatic carbocycles. The number of aromatic carboxylic acids is 1. The highest BCUT2D eigenvalue weighted by molar-refractivity contribution is 7.84. The summed E-state index contributed by atoms with van der Waals surface area (Å²) in [6.07, 6.45) is 0. The van der Waals surface area contributed by atoms with Gasteiger partial charge in [0.15, 0.2) is 5.09 Å². The second-order valence-corrected chi connectivity index (χ2v) is 5.74. The maximum Gasteiger partial charge on any atom is 0.371 e. The predicted octanol–water partition coefficient (Wildman–Crippen LogP) is 2.85. The summed E-state index contributed by atoms with van der Waals surface area (Å²) in [6.45, 7) is 0. The van der Waals surface area contributed by atoms with Gasteiger partial charge in [0.05, 0.1) is 26.5 Å². The van der Waals surface area contributed by atoms with Gasteiger partial charge in [-0.15, -0.1) is 0 Å².